The molecule has 2 aromatic heterocycles. The molecular formula is C41H25Br2N3. The van der Waals surface area contributed by atoms with Crippen molar-refractivity contribution >= 4 is 48.9 Å². The lowest BCUT2D eigenvalue weighted by atomic mass is 9.64. The molecule has 0 bridgehead atoms. The molecule has 46 heavy (non-hydrogen) atoms. The van der Waals surface area contributed by atoms with E-state index in [2.05, 4.69) is 162 Å². The van der Waals surface area contributed by atoms with Crippen LogP contribution < -0.4 is 4.90 Å². The molecule has 3 heterocycles. The van der Waals surface area contributed by atoms with E-state index in [1.807, 2.05) is 36.9 Å². The first kappa shape index (κ1) is 27.5. The van der Waals surface area contributed by atoms with E-state index in [9.17, 15) is 0 Å². The van der Waals surface area contributed by atoms with E-state index >= 15 is 0 Å². The SMILES string of the molecule is Brc1ccc2c(c1)C1(c3cc(Br)ccc3-2)c2ccccc2N(c2cc(-c3cccnc3)cc(-c3cccnc3)c2)c2ccccc21. The van der Waals surface area contributed by atoms with Gasteiger partial charge in [-0.2, -0.15) is 0 Å². The maximum atomic E-state index is 4.45. The summed E-state index contributed by atoms with van der Waals surface area (Å²) in [7, 11) is 0. The minimum atomic E-state index is -0.505. The van der Waals surface area contributed by atoms with E-state index in [-0.39, 0.29) is 0 Å². The van der Waals surface area contributed by atoms with Gasteiger partial charge in [-0.25, -0.2) is 0 Å². The molecule has 0 atom stereocenters. The number of benzene rings is 5. The Kier molecular flexibility index (Phi) is 6.34. The molecule has 3 nitrogen and oxygen atoms in total. The second-order valence-corrected chi connectivity index (χ2v) is 13.6. The van der Waals surface area contributed by atoms with Crippen molar-refractivity contribution in [1.29, 1.82) is 0 Å². The molecule has 1 aliphatic heterocycles. The quantitative estimate of drug-likeness (QED) is 0.182. The number of nitrogens with zero attached hydrogens (tertiary/aromatic N) is 3. The third-order valence-corrected chi connectivity index (χ3v) is 10.3. The fourth-order valence-electron chi connectivity index (χ4n) is 7.51. The van der Waals surface area contributed by atoms with Crippen LogP contribution in [0.5, 0.6) is 0 Å². The molecule has 0 saturated carbocycles. The van der Waals surface area contributed by atoms with Gasteiger partial charge in [-0.05, 0) is 111 Å². The second-order valence-electron chi connectivity index (χ2n) is 11.8. The van der Waals surface area contributed by atoms with E-state index in [1.54, 1.807) is 0 Å². The number of aromatic nitrogens is 2. The number of rotatable bonds is 3. The molecule has 0 N–H and O–H groups in total. The maximum absolute atomic E-state index is 4.45. The van der Waals surface area contributed by atoms with E-state index in [0.29, 0.717) is 0 Å². The van der Waals surface area contributed by atoms with Gasteiger partial charge in [-0.15, -0.1) is 0 Å². The Balaban J connectivity index is 1.37. The van der Waals surface area contributed by atoms with Gasteiger partial charge in [0.05, 0.1) is 16.8 Å². The van der Waals surface area contributed by atoms with Crippen LogP contribution in [0.1, 0.15) is 22.3 Å². The zero-order valence-corrected chi connectivity index (χ0v) is 27.7. The highest BCUT2D eigenvalue weighted by atomic mass is 79.9. The standard InChI is InChI=1S/C41H25Br2N3/c42-30-13-15-33-34-16-14-31(43)23-38(34)41(37(33)22-30)35-9-1-3-11-39(35)46(40-12-4-2-10-36(40)41)32-20-28(26-7-5-17-44-24-26)19-29(21-32)27-8-6-18-45-25-27/h1-25H. The molecule has 7 aromatic rings. The first-order chi connectivity index (χ1) is 22.6. The van der Waals surface area contributed by atoms with Crippen molar-refractivity contribution in [3.8, 4) is 33.4 Å². The van der Waals surface area contributed by atoms with Crippen molar-refractivity contribution in [2.24, 2.45) is 0 Å². The molecule has 0 fully saturated rings. The lowest BCUT2D eigenvalue weighted by molar-refractivity contribution is 0.751. The smallest absolute Gasteiger partial charge is 0.0755 e. The van der Waals surface area contributed by atoms with E-state index in [1.165, 1.54) is 33.4 Å². The largest absolute Gasteiger partial charge is 0.310 e. The number of anilines is 3. The fourth-order valence-corrected chi connectivity index (χ4v) is 8.24. The summed E-state index contributed by atoms with van der Waals surface area (Å²) in [6.07, 6.45) is 7.50. The summed E-state index contributed by atoms with van der Waals surface area (Å²) < 4.78 is 2.14. The van der Waals surface area contributed by atoms with Crippen LogP contribution in [0.15, 0.2) is 161 Å². The Morgan fingerprint density at radius 2 is 0.957 bits per heavy atom. The monoisotopic (exact) mass is 717 g/mol. The van der Waals surface area contributed by atoms with Crippen molar-refractivity contribution in [1.82, 2.24) is 9.97 Å². The first-order valence-corrected chi connectivity index (χ1v) is 16.8. The fraction of sp³-hybridized carbons (Fsp3) is 0.0244. The highest BCUT2D eigenvalue weighted by Crippen LogP contribution is 2.64. The molecule has 1 aliphatic carbocycles. The van der Waals surface area contributed by atoms with Crippen LogP contribution in [-0.4, -0.2) is 9.97 Å². The van der Waals surface area contributed by atoms with Crippen molar-refractivity contribution in [2.45, 2.75) is 5.41 Å². The Morgan fingerprint density at radius 1 is 0.457 bits per heavy atom. The minimum absolute atomic E-state index is 0.505. The Bertz CT molecular complexity index is 2140. The summed E-state index contributed by atoms with van der Waals surface area (Å²) in [5, 5.41) is 0. The van der Waals surface area contributed by atoms with Gasteiger partial charge in [-0.3, -0.25) is 9.97 Å². The first-order valence-electron chi connectivity index (χ1n) is 15.2. The van der Waals surface area contributed by atoms with E-state index < -0.39 is 5.41 Å². The highest BCUT2D eigenvalue weighted by molar-refractivity contribution is 9.10. The number of halogens is 2. The highest BCUT2D eigenvalue weighted by Gasteiger charge is 2.51. The normalized spacial score (nSPS) is 13.6. The summed E-state index contributed by atoms with van der Waals surface area (Å²) in [5.74, 6) is 0. The van der Waals surface area contributed by atoms with Crippen LogP contribution in [0.2, 0.25) is 0 Å². The zero-order chi connectivity index (χ0) is 30.8. The molecule has 5 heteroatoms. The van der Waals surface area contributed by atoms with E-state index in [0.717, 1.165) is 48.3 Å². The maximum Gasteiger partial charge on any atom is 0.0755 e. The summed E-state index contributed by atoms with van der Waals surface area (Å²) in [4.78, 5) is 11.3. The van der Waals surface area contributed by atoms with Crippen molar-refractivity contribution in [2.75, 3.05) is 4.90 Å². The third kappa shape index (κ3) is 4.02. The van der Waals surface area contributed by atoms with Crippen LogP contribution in [0.4, 0.5) is 17.1 Å². The number of hydrogen-bond acceptors (Lipinski definition) is 3. The summed E-state index contributed by atoms with van der Waals surface area (Å²) >= 11 is 7.67. The zero-order valence-electron chi connectivity index (χ0n) is 24.5. The summed E-state index contributed by atoms with van der Waals surface area (Å²) in [6.45, 7) is 0. The molecular weight excluding hydrogens is 694 g/mol. The van der Waals surface area contributed by atoms with Gasteiger partial charge >= 0.3 is 0 Å². The van der Waals surface area contributed by atoms with Gasteiger partial charge < -0.3 is 4.90 Å². The molecule has 218 valence electrons. The molecule has 0 amide bonds. The van der Waals surface area contributed by atoms with Gasteiger partial charge in [0.1, 0.15) is 0 Å². The van der Waals surface area contributed by atoms with Crippen LogP contribution in [0.25, 0.3) is 33.4 Å². The Hall–Kier alpha value is -4.84. The van der Waals surface area contributed by atoms with Crippen LogP contribution in [0, 0.1) is 0 Å². The predicted molar refractivity (Wildman–Crippen MR) is 194 cm³/mol. The van der Waals surface area contributed by atoms with E-state index in [4.69, 9.17) is 0 Å². The number of hydrogen-bond donors (Lipinski definition) is 0. The average molecular weight is 719 g/mol. The third-order valence-electron chi connectivity index (χ3n) is 9.33. The lowest BCUT2D eigenvalue weighted by Gasteiger charge is -2.45. The topological polar surface area (TPSA) is 29.0 Å². The Labute approximate surface area is 284 Å². The molecule has 2 aliphatic rings. The van der Waals surface area contributed by atoms with Crippen molar-refractivity contribution < 1.29 is 0 Å². The summed E-state index contributed by atoms with van der Waals surface area (Å²) in [6, 6.07) is 46.3. The van der Waals surface area contributed by atoms with Crippen molar-refractivity contribution in [3.05, 3.63) is 183 Å². The van der Waals surface area contributed by atoms with Crippen LogP contribution >= 0.6 is 31.9 Å². The number of para-hydroxylation sites is 2. The molecule has 0 unspecified atom stereocenters. The molecule has 9 rings (SSSR count). The predicted octanol–water partition coefficient (Wildman–Crippen LogP) is 11.5. The molecule has 1 spiro atoms. The van der Waals surface area contributed by atoms with Gasteiger partial charge in [0.15, 0.2) is 0 Å². The second kappa shape index (κ2) is 10.6. The molecule has 5 aromatic carbocycles. The number of pyridine rings is 2. The van der Waals surface area contributed by atoms with Crippen molar-refractivity contribution in [3.63, 3.8) is 0 Å². The van der Waals surface area contributed by atoms with Gasteiger partial charge in [0, 0.05) is 50.5 Å². The van der Waals surface area contributed by atoms with Gasteiger partial charge in [0.2, 0.25) is 0 Å². The van der Waals surface area contributed by atoms with Gasteiger partial charge in [0.25, 0.3) is 0 Å². The van der Waals surface area contributed by atoms with Crippen LogP contribution in [-0.2, 0) is 5.41 Å². The molecule has 0 radical (unpaired) electrons. The van der Waals surface area contributed by atoms with Crippen LogP contribution in [0.3, 0.4) is 0 Å². The summed E-state index contributed by atoms with van der Waals surface area (Å²) in [5.41, 5.74) is 14.8. The van der Waals surface area contributed by atoms with Gasteiger partial charge in [-0.1, -0.05) is 92.5 Å². The minimum Gasteiger partial charge on any atom is -0.310 e. The number of fused-ring (bicyclic) bond motifs is 9. The average Bonchev–Trinajstić information content (AvgIpc) is 3.38. The Morgan fingerprint density at radius 3 is 1.43 bits per heavy atom. The lowest BCUT2D eigenvalue weighted by Crippen LogP contribution is -2.36. The molecule has 0 saturated heterocycles.